The quantitative estimate of drug-likeness (QED) is 0.427. The van der Waals surface area contributed by atoms with E-state index in [4.69, 9.17) is 4.74 Å². The largest absolute Gasteiger partial charge is 0.481 e. The van der Waals surface area contributed by atoms with Gasteiger partial charge in [-0.15, -0.1) is 0 Å². The summed E-state index contributed by atoms with van der Waals surface area (Å²) in [6.45, 7) is 1.88. The first-order chi connectivity index (χ1) is 16.0. The fourth-order valence-electron chi connectivity index (χ4n) is 3.89. The molecule has 1 atom stereocenters. The van der Waals surface area contributed by atoms with Crippen molar-refractivity contribution >= 4 is 22.2 Å². The van der Waals surface area contributed by atoms with E-state index in [-0.39, 0.29) is 17.5 Å². The van der Waals surface area contributed by atoms with Crippen molar-refractivity contribution in [2.75, 3.05) is 7.11 Å². The second-order valence-electron chi connectivity index (χ2n) is 7.91. The number of hydrogen-bond donors (Lipinski definition) is 2. The van der Waals surface area contributed by atoms with Crippen LogP contribution in [0, 0.1) is 0 Å². The molecule has 7 heteroatoms. The molecule has 164 valence electrons. The summed E-state index contributed by atoms with van der Waals surface area (Å²) in [6, 6.07) is 19.0. The van der Waals surface area contributed by atoms with Gasteiger partial charge in [-0.05, 0) is 35.4 Å². The van der Waals surface area contributed by atoms with E-state index < -0.39 is 0 Å². The van der Waals surface area contributed by atoms with Gasteiger partial charge < -0.3 is 19.4 Å². The zero-order chi connectivity index (χ0) is 22.9. The van der Waals surface area contributed by atoms with Crippen LogP contribution in [0.4, 0.5) is 0 Å². The van der Waals surface area contributed by atoms with E-state index in [1.807, 2.05) is 61.7 Å². The molecule has 0 bridgehead atoms. The second kappa shape index (κ2) is 8.27. The van der Waals surface area contributed by atoms with Crippen molar-refractivity contribution in [3.05, 3.63) is 101 Å². The van der Waals surface area contributed by atoms with Crippen molar-refractivity contribution in [2.24, 2.45) is 0 Å². The lowest BCUT2D eigenvalue weighted by Gasteiger charge is -2.13. The predicted molar refractivity (Wildman–Crippen MR) is 128 cm³/mol. The van der Waals surface area contributed by atoms with Crippen molar-refractivity contribution in [1.82, 2.24) is 19.7 Å². The number of hydrogen-bond acceptors (Lipinski definition) is 4. The van der Waals surface area contributed by atoms with Crippen molar-refractivity contribution in [3.8, 4) is 17.1 Å². The minimum absolute atomic E-state index is 0.257. The molecule has 0 fully saturated rings. The summed E-state index contributed by atoms with van der Waals surface area (Å²) in [5.41, 5.74) is 2.98. The van der Waals surface area contributed by atoms with Gasteiger partial charge in [0, 0.05) is 30.2 Å². The fourth-order valence-corrected chi connectivity index (χ4v) is 3.89. The highest BCUT2D eigenvalue weighted by molar-refractivity contribution is 5.96. The molecular weight excluding hydrogens is 416 g/mol. The van der Waals surface area contributed by atoms with Crippen LogP contribution in [0.5, 0.6) is 5.88 Å². The van der Waals surface area contributed by atoms with Crippen molar-refractivity contribution in [1.29, 1.82) is 0 Å². The Bertz CT molecular complexity index is 1530. The third-order valence-electron chi connectivity index (χ3n) is 5.74. The number of nitrogens with zero attached hydrogens (tertiary/aromatic N) is 2. The Hall–Kier alpha value is -4.39. The summed E-state index contributed by atoms with van der Waals surface area (Å²) in [5, 5.41) is 5.17. The van der Waals surface area contributed by atoms with Gasteiger partial charge in [-0.3, -0.25) is 9.59 Å². The average Bonchev–Trinajstić information content (AvgIpc) is 3.29. The standard InChI is InChI=1S/C26H22N4O3/c1-16(20-9-10-24(33-2)27-13-20)28-25(31)21-12-23-26(32)29-22(15-30(23)14-21)19-8-7-17-5-3-4-6-18(17)11-19/h3-16H,1-2H3,(H,28,31)(H,29,32). The SMILES string of the molecule is COc1ccc(C(C)NC(=O)c2cc3c(=O)[nH]c(-c4ccc5ccccc5c4)cn3c2)cn1. The summed E-state index contributed by atoms with van der Waals surface area (Å²) >= 11 is 0. The number of carbonyl (C=O) groups excluding carboxylic acids is 1. The lowest BCUT2D eigenvalue weighted by molar-refractivity contribution is 0.0940. The number of aromatic nitrogens is 3. The molecule has 5 rings (SSSR count). The number of H-pyrrole nitrogens is 1. The highest BCUT2D eigenvalue weighted by Gasteiger charge is 2.15. The van der Waals surface area contributed by atoms with Gasteiger partial charge in [0.25, 0.3) is 11.5 Å². The van der Waals surface area contributed by atoms with E-state index >= 15 is 0 Å². The topological polar surface area (TPSA) is 88.5 Å². The Balaban J connectivity index is 1.43. The molecule has 1 unspecified atom stereocenters. The Morgan fingerprint density at radius 2 is 1.88 bits per heavy atom. The number of rotatable bonds is 5. The summed E-state index contributed by atoms with van der Waals surface area (Å²) in [7, 11) is 1.55. The lowest BCUT2D eigenvalue weighted by atomic mass is 10.1. The van der Waals surface area contributed by atoms with Crippen LogP contribution in [0.2, 0.25) is 0 Å². The highest BCUT2D eigenvalue weighted by Crippen LogP contribution is 2.23. The molecule has 0 radical (unpaired) electrons. The summed E-state index contributed by atoms with van der Waals surface area (Å²) < 4.78 is 6.77. The van der Waals surface area contributed by atoms with Crippen LogP contribution in [0.15, 0.2) is 84.0 Å². The monoisotopic (exact) mass is 438 g/mol. The van der Waals surface area contributed by atoms with Crippen molar-refractivity contribution < 1.29 is 9.53 Å². The number of pyridine rings is 1. The predicted octanol–water partition coefficient (Wildman–Crippen LogP) is 4.34. The molecule has 2 N–H and O–H groups in total. The summed E-state index contributed by atoms with van der Waals surface area (Å²) in [6.07, 6.45) is 5.17. The normalized spacial score (nSPS) is 12.1. The van der Waals surface area contributed by atoms with Crippen LogP contribution in [-0.4, -0.2) is 27.4 Å². The molecule has 0 aliphatic carbocycles. The molecule has 33 heavy (non-hydrogen) atoms. The first-order valence-corrected chi connectivity index (χ1v) is 10.6. The molecule has 3 aromatic heterocycles. The molecule has 0 aliphatic heterocycles. The minimum Gasteiger partial charge on any atom is -0.481 e. The van der Waals surface area contributed by atoms with Gasteiger partial charge in [-0.25, -0.2) is 4.98 Å². The van der Waals surface area contributed by atoms with Gasteiger partial charge in [0.1, 0.15) is 5.52 Å². The first kappa shape index (κ1) is 20.5. The Kier molecular flexibility index (Phi) is 5.14. The van der Waals surface area contributed by atoms with Gasteiger partial charge in [0.15, 0.2) is 0 Å². The highest BCUT2D eigenvalue weighted by atomic mass is 16.5. The molecule has 3 heterocycles. The number of carbonyl (C=O) groups is 1. The van der Waals surface area contributed by atoms with Crippen LogP contribution < -0.4 is 15.6 Å². The second-order valence-corrected chi connectivity index (χ2v) is 7.91. The van der Waals surface area contributed by atoms with Crippen LogP contribution >= 0.6 is 0 Å². The number of aromatic amines is 1. The van der Waals surface area contributed by atoms with E-state index in [1.165, 1.54) is 0 Å². The molecule has 0 aliphatic rings. The van der Waals surface area contributed by atoms with Gasteiger partial charge in [0.05, 0.1) is 24.4 Å². The molecule has 2 aromatic carbocycles. The average molecular weight is 438 g/mol. The third kappa shape index (κ3) is 3.96. The number of ether oxygens (including phenoxy) is 1. The Labute approximate surface area is 189 Å². The molecule has 0 spiro atoms. The number of amides is 1. The molecular formula is C26H22N4O3. The van der Waals surface area contributed by atoms with Crippen molar-refractivity contribution in [2.45, 2.75) is 13.0 Å². The molecule has 5 aromatic rings. The zero-order valence-corrected chi connectivity index (χ0v) is 18.2. The maximum absolute atomic E-state index is 12.9. The third-order valence-corrected chi connectivity index (χ3v) is 5.74. The zero-order valence-electron chi connectivity index (χ0n) is 18.2. The van der Waals surface area contributed by atoms with Crippen LogP contribution in [0.3, 0.4) is 0 Å². The maximum Gasteiger partial charge on any atom is 0.272 e. The maximum atomic E-state index is 12.9. The number of benzene rings is 2. The Morgan fingerprint density at radius 1 is 1.06 bits per heavy atom. The van der Waals surface area contributed by atoms with Crippen LogP contribution in [-0.2, 0) is 0 Å². The van der Waals surface area contributed by atoms with Gasteiger partial charge in [-0.1, -0.05) is 42.5 Å². The van der Waals surface area contributed by atoms with Gasteiger partial charge in [-0.2, -0.15) is 0 Å². The lowest BCUT2D eigenvalue weighted by Crippen LogP contribution is -2.26. The molecule has 1 amide bonds. The van der Waals surface area contributed by atoms with Gasteiger partial charge in [0.2, 0.25) is 5.88 Å². The Morgan fingerprint density at radius 3 is 2.64 bits per heavy atom. The summed E-state index contributed by atoms with van der Waals surface area (Å²) in [4.78, 5) is 32.7. The number of methoxy groups -OCH3 is 1. The smallest absolute Gasteiger partial charge is 0.272 e. The van der Waals surface area contributed by atoms with Crippen LogP contribution in [0.1, 0.15) is 28.9 Å². The molecule has 0 saturated heterocycles. The van der Waals surface area contributed by atoms with E-state index in [1.54, 1.807) is 36.0 Å². The van der Waals surface area contributed by atoms with Crippen molar-refractivity contribution in [3.63, 3.8) is 0 Å². The van der Waals surface area contributed by atoms with E-state index in [0.717, 1.165) is 21.9 Å². The number of fused-ring (bicyclic) bond motifs is 2. The fraction of sp³-hybridized carbons (Fsp3) is 0.115. The molecule has 0 saturated carbocycles. The first-order valence-electron chi connectivity index (χ1n) is 10.6. The number of nitrogens with one attached hydrogen (secondary N) is 2. The summed E-state index contributed by atoms with van der Waals surface area (Å²) in [5.74, 6) is 0.242. The van der Waals surface area contributed by atoms with E-state index in [0.29, 0.717) is 22.7 Å². The van der Waals surface area contributed by atoms with Gasteiger partial charge >= 0.3 is 0 Å². The van der Waals surface area contributed by atoms with E-state index in [2.05, 4.69) is 15.3 Å². The molecule has 7 nitrogen and oxygen atoms in total. The minimum atomic E-state index is -0.270. The van der Waals surface area contributed by atoms with E-state index in [9.17, 15) is 9.59 Å². The van der Waals surface area contributed by atoms with Crippen LogP contribution in [0.25, 0.3) is 27.5 Å².